The van der Waals surface area contributed by atoms with E-state index in [9.17, 15) is 10.8 Å². The number of aromatic nitrogens is 4. The molecule has 0 unspecified atom stereocenters. The number of nitrogens with zero attached hydrogens (tertiary/aromatic N) is 4. The van der Waals surface area contributed by atoms with E-state index in [1.165, 1.54) is 0 Å². The zero-order valence-corrected chi connectivity index (χ0v) is 24.6. The van der Waals surface area contributed by atoms with Gasteiger partial charge in [0.15, 0.2) is 17.5 Å². The van der Waals surface area contributed by atoms with Crippen molar-refractivity contribution in [3.63, 3.8) is 0 Å². The zero-order chi connectivity index (χ0) is 31.0. The number of pyridine rings is 1. The molecule has 5 aromatic carbocycles. The molecule has 6 nitrogen and oxygen atoms in total. The number of hydrogen-bond acceptors (Lipinski definition) is 6. The van der Waals surface area contributed by atoms with E-state index in [0.29, 0.717) is 28.6 Å². The minimum atomic E-state index is 0.0528. The van der Waals surface area contributed by atoms with Crippen LogP contribution in [0.2, 0.25) is 0 Å². The van der Waals surface area contributed by atoms with Gasteiger partial charge in [-0.3, -0.25) is 10.8 Å². The fourth-order valence-corrected chi connectivity index (χ4v) is 5.92. The van der Waals surface area contributed by atoms with Crippen molar-refractivity contribution < 1.29 is 0 Å². The first-order chi connectivity index (χ1) is 22.6. The Morgan fingerprint density at radius 1 is 0.413 bits per heavy atom. The predicted molar refractivity (Wildman–Crippen MR) is 186 cm³/mol. The Labute approximate surface area is 265 Å². The lowest BCUT2D eigenvalue weighted by Crippen LogP contribution is -2.23. The number of fused-ring (bicyclic) bond motifs is 3. The van der Waals surface area contributed by atoms with Crippen LogP contribution in [-0.2, 0) is 0 Å². The zero-order valence-electron chi connectivity index (χ0n) is 24.6. The highest BCUT2D eigenvalue weighted by Crippen LogP contribution is 2.38. The molecule has 0 atom stereocenters. The molecule has 2 aromatic heterocycles. The molecule has 216 valence electrons. The topological polar surface area (TPSA) is 99.3 Å². The van der Waals surface area contributed by atoms with Crippen molar-refractivity contribution >= 4 is 34.0 Å². The maximum absolute atomic E-state index is 9.29. The Balaban J connectivity index is 1.36. The minimum absolute atomic E-state index is 0.0528. The lowest BCUT2D eigenvalue weighted by molar-refractivity contribution is 1.04. The van der Waals surface area contributed by atoms with Gasteiger partial charge in [0.2, 0.25) is 0 Å². The molecule has 0 bridgehead atoms. The van der Waals surface area contributed by atoms with Crippen molar-refractivity contribution in [2.45, 2.75) is 0 Å². The Kier molecular flexibility index (Phi) is 6.65. The fourth-order valence-electron chi connectivity index (χ4n) is 5.92. The predicted octanol–water partition coefficient (Wildman–Crippen LogP) is 9.03. The summed E-state index contributed by atoms with van der Waals surface area (Å²) < 4.78 is 0. The van der Waals surface area contributed by atoms with Crippen LogP contribution >= 0.6 is 0 Å². The van der Waals surface area contributed by atoms with Gasteiger partial charge in [-0.25, -0.2) is 19.9 Å². The molecule has 0 radical (unpaired) electrons. The van der Waals surface area contributed by atoms with E-state index in [1.807, 2.05) is 121 Å². The summed E-state index contributed by atoms with van der Waals surface area (Å²) in [6.45, 7) is 0. The highest BCUT2D eigenvalue weighted by Gasteiger charge is 2.29. The molecule has 2 N–H and O–H groups in total. The third-order valence-electron chi connectivity index (χ3n) is 8.17. The standard InChI is InChI=1S/C40H26N6/c41-35-32(24-31-34(36(35)42)30-21-10-11-22-33(30)43-37(31)26-15-6-2-7-16-26)40-45-38(27-17-8-3-9-18-27)44-39(46-40)29-20-12-19-28(23-29)25-13-4-1-5-14-25/h1-24,41-42H. The second-order valence-electron chi connectivity index (χ2n) is 11.1. The van der Waals surface area contributed by atoms with Crippen LogP contribution in [0.5, 0.6) is 0 Å². The Bertz CT molecular complexity index is 2330. The third-order valence-corrected chi connectivity index (χ3v) is 8.17. The molecular weight excluding hydrogens is 564 g/mol. The minimum Gasteiger partial charge on any atom is -0.298 e. The smallest absolute Gasteiger partial charge is 0.166 e. The Morgan fingerprint density at radius 3 is 1.67 bits per heavy atom. The average molecular weight is 591 g/mol. The second kappa shape index (κ2) is 11.3. The van der Waals surface area contributed by atoms with E-state index in [1.54, 1.807) is 0 Å². The molecule has 1 aliphatic rings. The Morgan fingerprint density at radius 2 is 0.957 bits per heavy atom. The van der Waals surface area contributed by atoms with Gasteiger partial charge in [0.25, 0.3) is 0 Å². The van der Waals surface area contributed by atoms with Crippen LogP contribution in [-0.4, -0.2) is 31.4 Å². The van der Waals surface area contributed by atoms with Gasteiger partial charge in [-0.05, 0) is 29.3 Å². The van der Waals surface area contributed by atoms with Crippen LogP contribution in [0.4, 0.5) is 0 Å². The second-order valence-corrected chi connectivity index (χ2v) is 11.1. The highest BCUT2D eigenvalue weighted by atomic mass is 15.0. The van der Waals surface area contributed by atoms with Gasteiger partial charge in [0, 0.05) is 38.8 Å². The number of rotatable bonds is 5. The molecule has 8 rings (SSSR count). The molecule has 6 heteroatoms. The van der Waals surface area contributed by atoms with Gasteiger partial charge in [0.1, 0.15) is 0 Å². The van der Waals surface area contributed by atoms with E-state index in [4.69, 9.17) is 19.9 Å². The van der Waals surface area contributed by atoms with Crippen molar-refractivity contribution in [1.82, 2.24) is 19.9 Å². The van der Waals surface area contributed by atoms with Gasteiger partial charge >= 0.3 is 0 Å². The van der Waals surface area contributed by atoms with E-state index in [-0.39, 0.29) is 11.4 Å². The van der Waals surface area contributed by atoms with Gasteiger partial charge in [-0.1, -0.05) is 127 Å². The summed E-state index contributed by atoms with van der Waals surface area (Å²) in [4.78, 5) is 19.8. The monoisotopic (exact) mass is 590 g/mol. The molecule has 0 amide bonds. The van der Waals surface area contributed by atoms with E-state index >= 15 is 0 Å². The lowest BCUT2D eigenvalue weighted by Gasteiger charge is -2.22. The van der Waals surface area contributed by atoms with Crippen molar-refractivity contribution in [3.8, 4) is 45.2 Å². The summed E-state index contributed by atoms with van der Waals surface area (Å²) in [6, 6.07) is 45.9. The highest BCUT2D eigenvalue weighted by molar-refractivity contribution is 6.64. The van der Waals surface area contributed by atoms with E-state index in [0.717, 1.165) is 50.0 Å². The lowest BCUT2D eigenvalue weighted by atomic mass is 9.84. The average Bonchev–Trinajstić information content (AvgIpc) is 3.13. The molecular formula is C40H26N6. The number of para-hydroxylation sites is 1. The molecule has 0 saturated carbocycles. The normalized spacial score (nSPS) is 12.6. The van der Waals surface area contributed by atoms with Crippen LogP contribution in [0.25, 0.3) is 67.7 Å². The molecule has 0 saturated heterocycles. The third kappa shape index (κ3) is 4.78. The number of hydrogen-bond donors (Lipinski definition) is 2. The summed E-state index contributed by atoms with van der Waals surface area (Å²) in [5.41, 5.74) is 8.34. The van der Waals surface area contributed by atoms with Gasteiger partial charge < -0.3 is 0 Å². The van der Waals surface area contributed by atoms with Crippen LogP contribution in [0.1, 0.15) is 17.0 Å². The summed E-state index contributed by atoms with van der Waals surface area (Å²) in [5.74, 6) is 1.32. The van der Waals surface area contributed by atoms with Gasteiger partial charge in [0.05, 0.1) is 22.6 Å². The fraction of sp³-hybridized carbons (Fsp3) is 0. The maximum atomic E-state index is 9.29. The largest absolute Gasteiger partial charge is 0.298 e. The van der Waals surface area contributed by atoms with E-state index < -0.39 is 0 Å². The SMILES string of the molecule is N=C1C(=N)c2c(c(-c3ccccc3)nc3ccccc23)C=C1c1nc(-c2ccccc2)nc(-c2cccc(-c3ccccc3)c2)n1. The van der Waals surface area contributed by atoms with Crippen LogP contribution in [0, 0.1) is 10.8 Å². The van der Waals surface area contributed by atoms with Crippen molar-refractivity contribution in [3.05, 3.63) is 156 Å². The summed E-state index contributed by atoms with van der Waals surface area (Å²) >= 11 is 0. The first-order valence-electron chi connectivity index (χ1n) is 15.0. The molecule has 0 spiro atoms. The van der Waals surface area contributed by atoms with Crippen molar-refractivity contribution in [2.75, 3.05) is 0 Å². The first kappa shape index (κ1) is 27.2. The Hall–Kier alpha value is -6.40. The van der Waals surface area contributed by atoms with Crippen molar-refractivity contribution in [2.24, 2.45) is 0 Å². The molecule has 7 aromatic rings. The summed E-state index contributed by atoms with van der Waals surface area (Å²) in [5, 5.41) is 19.4. The van der Waals surface area contributed by atoms with Crippen LogP contribution in [0.15, 0.2) is 140 Å². The maximum Gasteiger partial charge on any atom is 0.166 e. The summed E-state index contributed by atoms with van der Waals surface area (Å²) in [6.07, 6.45) is 1.92. The van der Waals surface area contributed by atoms with Gasteiger partial charge in [-0.15, -0.1) is 0 Å². The molecule has 0 aliphatic heterocycles. The first-order valence-corrected chi connectivity index (χ1v) is 15.0. The number of allylic oxidation sites excluding steroid dienone is 1. The van der Waals surface area contributed by atoms with E-state index in [2.05, 4.69) is 24.3 Å². The van der Waals surface area contributed by atoms with Crippen LogP contribution < -0.4 is 0 Å². The van der Waals surface area contributed by atoms with Crippen molar-refractivity contribution in [1.29, 1.82) is 10.8 Å². The number of nitrogens with one attached hydrogen (secondary N) is 2. The molecule has 0 fully saturated rings. The number of benzene rings is 5. The summed E-state index contributed by atoms with van der Waals surface area (Å²) in [7, 11) is 0. The van der Waals surface area contributed by atoms with Crippen LogP contribution in [0.3, 0.4) is 0 Å². The molecule has 2 heterocycles. The molecule has 1 aliphatic carbocycles. The van der Waals surface area contributed by atoms with Gasteiger partial charge in [-0.2, -0.15) is 0 Å². The quantitative estimate of drug-likeness (QED) is 0.209. The molecule has 46 heavy (non-hydrogen) atoms.